The Balaban J connectivity index is 1.45. The second kappa shape index (κ2) is 8.13. The van der Waals surface area contributed by atoms with E-state index in [0.29, 0.717) is 5.92 Å². The van der Waals surface area contributed by atoms with E-state index in [1.54, 1.807) is 6.33 Å². The van der Waals surface area contributed by atoms with Gasteiger partial charge in [0.25, 0.3) is 0 Å². The van der Waals surface area contributed by atoms with Crippen molar-refractivity contribution in [2.75, 3.05) is 13.1 Å². The molecule has 1 saturated heterocycles. The molecule has 1 aliphatic rings. The van der Waals surface area contributed by atoms with Crippen LogP contribution in [-0.2, 0) is 6.54 Å². The van der Waals surface area contributed by atoms with Gasteiger partial charge in [-0.2, -0.15) is 5.10 Å². The minimum atomic E-state index is 0.413. The van der Waals surface area contributed by atoms with Gasteiger partial charge in [-0.05, 0) is 50.1 Å². The molecule has 4 aromatic rings. The summed E-state index contributed by atoms with van der Waals surface area (Å²) in [6.45, 7) is 5.07. The van der Waals surface area contributed by atoms with Crippen LogP contribution in [0.15, 0.2) is 55.2 Å². The van der Waals surface area contributed by atoms with Crippen LogP contribution in [0.2, 0.25) is 5.02 Å². The van der Waals surface area contributed by atoms with E-state index >= 15 is 0 Å². The molecule has 0 N–H and O–H groups in total. The highest BCUT2D eigenvalue weighted by molar-refractivity contribution is 6.30. The number of rotatable bonds is 4. The van der Waals surface area contributed by atoms with E-state index in [4.69, 9.17) is 16.7 Å². The van der Waals surface area contributed by atoms with E-state index in [1.807, 2.05) is 42.2 Å². The Morgan fingerprint density at radius 2 is 1.90 bits per heavy atom. The fraction of sp³-hybridized carbons (Fsp3) is 0.304. The Kier molecular flexibility index (Phi) is 5.19. The van der Waals surface area contributed by atoms with Gasteiger partial charge in [-0.1, -0.05) is 23.7 Å². The molecule has 6 nitrogen and oxygen atoms in total. The number of nitrogens with zero attached hydrogens (tertiary/aromatic N) is 6. The lowest BCUT2D eigenvalue weighted by molar-refractivity contribution is 0.197. The predicted octanol–water partition coefficient (Wildman–Crippen LogP) is 4.53. The number of likely N-dealkylation sites (tertiary alicyclic amines) is 1. The van der Waals surface area contributed by atoms with Gasteiger partial charge in [0.05, 0.1) is 17.0 Å². The molecule has 0 saturated carbocycles. The van der Waals surface area contributed by atoms with E-state index in [0.717, 1.165) is 53.5 Å². The van der Waals surface area contributed by atoms with Crippen molar-refractivity contribution in [3.8, 4) is 11.1 Å². The molecule has 1 aliphatic heterocycles. The second-order valence-electron chi connectivity index (χ2n) is 7.89. The third-order valence-corrected chi connectivity index (χ3v) is 6.07. The Morgan fingerprint density at radius 3 is 2.70 bits per heavy atom. The van der Waals surface area contributed by atoms with Crippen LogP contribution < -0.4 is 0 Å². The highest BCUT2D eigenvalue weighted by Crippen LogP contribution is 2.31. The molecule has 0 amide bonds. The van der Waals surface area contributed by atoms with Gasteiger partial charge in [0.2, 0.25) is 0 Å². The quantitative estimate of drug-likeness (QED) is 0.487. The average molecular weight is 419 g/mol. The molecule has 3 aromatic heterocycles. The maximum Gasteiger partial charge on any atom is 0.163 e. The van der Waals surface area contributed by atoms with E-state index in [1.165, 1.54) is 17.7 Å². The molecule has 30 heavy (non-hydrogen) atoms. The first kappa shape index (κ1) is 19.2. The normalized spacial score (nSPS) is 17.5. The summed E-state index contributed by atoms with van der Waals surface area (Å²) in [4.78, 5) is 15.5. The zero-order valence-electron chi connectivity index (χ0n) is 16.9. The van der Waals surface area contributed by atoms with Crippen molar-refractivity contribution in [2.24, 2.45) is 0 Å². The number of aryl methyl sites for hydroxylation is 1. The lowest BCUT2D eigenvalue weighted by Gasteiger charge is -2.33. The monoisotopic (exact) mass is 418 g/mol. The number of aromatic nitrogens is 5. The van der Waals surface area contributed by atoms with Gasteiger partial charge in [-0.15, -0.1) is 0 Å². The molecule has 1 aromatic carbocycles. The summed E-state index contributed by atoms with van der Waals surface area (Å²) in [5, 5.41) is 5.63. The lowest BCUT2D eigenvalue weighted by Crippen LogP contribution is -2.34. The van der Waals surface area contributed by atoms with Crippen molar-refractivity contribution < 1.29 is 0 Å². The second-order valence-corrected chi connectivity index (χ2v) is 8.33. The first-order valence-electron chi connectivity index (χ1n) is 10.3. The maximum atomic E-state index is 6.04. The van der Waals surface area contributed by atoms with Gasteiger partial charge in [-0.25, -0.2) is 19.5 Å². The summed E-state index contributed by atoms with van der Waals surface area (Å²) < 4.78 is 2.02. The summed E-state index contributed by atoms with van der Waals surface area (Å²) >= 11 is 6.04. The van der Waals surface area contributed by atoms with Crippen LogP contribution in [0.5, 0.6) is 0 Å². The van der Waals surface area contributed by atoms with Crippen LogP contribution in [0.1, 0.15) is 35.7 Å². The first-order valence-corrected chi connectivity index (χ1v) is 10.6. The zero-order chi connectivity index (χ0) is 20.5. The molecule has 4 heterocycles. The molecule has 1 unspecified atom stereocenters. The van der Waals surface area contributed by atoms with Crippen molar-refractivity contribution in [3.05, 3.63) is 77.2 Å². The van der Waals surface area contributed by atoms with Crippen LogP contribution >= 0.6 is 11.6 Å². The predicted molar refractivity (Wildman–Crippen MR) is 117 cm³/mol. The number of piperidine rings is 1. The highest BCUT2D eigenvalue weighted by Gasteiger charge is 2.25. The fourth-order valence-corrected chi connectivity index (χ4v) is 4.56. The highest BCUT2D eigenvalue weighted by atomic mass is 35.5. The molecule has 7 heteroatoms. The van der Waals surface area contributed by atoms with Crippen molar-refractivity contribution in [1.82, 2.24) is 29.5 Å². The van der Waals surface area contributed by atoms with Crippen molar-refractivity contribution in [1.29, 1.82) is 0 Å². The SMILES string of the molecule is Cc1nn2c(C3CCCN(Cc4ccc(Cl)cc4)C3)ccnc2c1-c1cncnc1. The van der Waals surface area contributed by atoms with Crippen molar-refractivity contribution >= 4 is 17.2 Å². The van der Waals surface area contributed by atoms with Crippen molar-refractivity contribution in [3.63, 3.8) is 0 Å². The fourth-order valence-electron chi connectivity index (χ4n) is 4.43. The number of halogens is 1. The molecular formula is C23H23ClN6. The van der Waals surface area contributed by atoms with Crippen LogP contribution in [-0.4, -0.2) is 42.6 Å². The Labute approximate surface area is 180 Å². The van der Waals surface area contributed by atoms with Gasteiger partial charge in [0, 0.05) is 48.2 Å². The Bertz CT molecular complexity index is 1160. The standard InChI is InChI=1S/C23H23ClN6/c1-16-22(19-11-25-15-26-12-19)23-27-9-8-21(30(23)28-16)18-3-2-10-29(14-18)13-17-4-6-20(24)7-5-17/h4-9,11-12,15,18H,2-3,10,13-14H2,1H3. The third-order valence-electron chi connectivity index (χ3n) is 5.82. The summed E-state index contributed by atoms with van der Waals surface area (Å²) in [5.41, 5.74) is 6.27. The molecule has 0 spiro atoms. The summed E-state index contributed by atoms with van der Waals surface area (Å²) in [6, 6.07) is 10.3. The molecule has 152 valence electrons. The molecule has 0 radical (unpaired) electrons. The minimum Gasteiger partial charge on any atom is -0.298 e. The summed E-state index contributed by atoms with van der Waals surface area (Å²) in [6.07, 6.45) is 9.40. The Morgan fingerprint density at radius 1 is 1.10 bits per heavy atom. The molecule has 0 aliphatic carbocycles. The topological polar surface area (TPSA) is 59.2 Å². The van der Waals surface area contributed by atoms with Gasteiger partial charge in [0.1, 0.15) is 6.33 Å². The summed E-state index contributed by atoms with van der Waals surface area (Å²) in [5.74, 6) is 0.413. The van der Waals surface area contributed by atoms with Crippen LogP contribution in [0, 0.1) is 6.92 Å². The lowest BCUT2D eigenvalue weighted by atomic mass is 9.94. The van der Waals surface area contributed by atoms with Crippen LogP contribution in [0.3, 0.4) is 0 Å². The van der Waals surface area contributed by atoms with Gasteiger partial charge in [0.15, 0.2) is 5.65 Å². The molecular weight excluding hydrogens is 396 g/mol. The maximum absolute atomic E-state index is 6.04. The smallest absolute Gasteiger partial charge is 0.163 e. The summed E-state index contributed by atoms with van der Waals surface area (Å²) in [7, 11) is 0. The number of hydrogen-bond donors (Lipinski definition) is 0. The largest absolute Gasteiger partial charge is 0.298 e. The van der Waals surface area contributed by atoms with Gasteiger partial charge < -0.3 is 0 Å². The number of benzene rings is 1. The van der Waals surface area contributed by atoms with E-state index < -0.39 is 0 Å². The van der Waals surface area contributed by atoms with E-state index in [2.05, 4.69) is 38.1 Å². The van der Waals surface area contributed by atoms with Gasteiger partial charge >= 0.3 is 0 Å². The molecule has 1 fully saturated rings. The van der Waals surface area contributed by atoms with E-state index in [9.17, 15) is 0 Å². The number of fused-ring (bicyclic) bond motifs is 1. The first-order chi connectivity index (χ1) is 14.7. The average Bonchev–Trinajstić information content (AvgIpc) is 3.12. The minimum absolute atomic E-state index is 0.413. The van der Waals surface area contributed by atoms with Crippen LogP contribution in [0.4, 0.5) is 0 Å². The zero-order valence-corrected chi connectivity index (χ0v) is 17.6. The molecule has 5 rings (SSSR count). The van der Waals surface area contributed by atoms with Crippen LogP contribution in [0.25, 0.3) is 16.8 Å². The number of hydrogen-bond acceptors (Lipinski definition) is 5. The third kappa shape index (κ3) is 3.68. The van der Waals surface area contributed by atoms with E-state index in [-0.39, 0.29) is 0 Å². The molecule has 0 bridgehead atoms. The Hall–Kier alpha value is -2.83. The molecule has 1 atom stereocenters. The van der Waals surface area contributed by atoms with Crippen molar-refractivity contribution in [2.45, 2.75) is 32.2 Å². The van der Waals surface area contributed by atoms with Gasteiger partial charge in [-0.3, -0.25) is 4.90 Å².